The molecular weight excluding hydrogens is 176 g/mol. The molecule has 1 saturated heterocycles. The normalized spacial score (nSPS) is 17.1. The van der Waals surface area contributed by atoms with Gasteiger partial charge in [0, 0.05) is 13.0 Å². The van der Waals surface area contributed by atoms with Crippen LogP contribution in [0.3, 0.4) is 0 Å². The minimum atomic E-state index is 0.189. The Hall–Kier alpha value is -1.51. The number of hydrogen-bond acceptors (Lipinski definition) is 2. The first-order valence-electron chi connectivity index (χ1n) is 4.94. The molecule has 0 saturated carbocycles. The Morgan fingerprint density at radius 2 is 2.00 bits per heavy atom. The number of carbonyl (C=O) groups excluding carboxylic acids is 1. The van der Waals surface area contributed by atoms with Gasteiger partial charge in [-0.15, -0.1) is 0 Å². The number of para-hydroxylation sites is 2. The molecule has 1 aromatic carbocycles. The minimum absolute atomic E-state index is 0.189. The maximum atomic E-state index is 11.6. The summed E-state index contributed by atoms with van der Waals surface area (Å²) < 4.78 is 0. The Balaban J connectivity index is 2.29. The Labute approximate surface area is 83.5 Å². The second kappa shape index (κ2) is 3.70. The summed E-state index contributed by atoms with van der Waals surface area (Å²) in [4.78, 5) is 13.4. The number of amides is 1. The molecule has 0 aromatic heterocycles. The summed E-state index contributed by atoms with van der Waals surface area (Å²) >= 11 is 0. The molecule has 0 unspecified atom stereocenters. The third-order valence-corrected chi connectivity index (χ3v) is 2.55. The highest BCUT2D eigenvalue weighted by atomic mass is 16.2. The van der Waals surface area contributed by atoms with Crippen LogP contribution in [0.4, 0.5) is 11.4 Å². The zero-order valence-electron chi connectivity index (χ0n) is 8.07. The van der Waals surface area contributed by atoms with Crippen LogP contribution in [0.1, 0.15) is 19.3 Å². The SMILES string of the molecule is Nc1ccccc1N1CCCCC1=O. The molecule has 1 aliphatic rings. The fraction of sp³-hybridized carbons (Fsp3) is 0.364. The number of carbonyl (C=O) groups is 1. The molecule has 3 nitrogen and oxygen atoms in total. The van der Waals surface area contributed by atoms with E-state index in [1.54, 1.807) is 4.90 Å². The lowest BCUT2D eigenvalue weighted by atomic mass is 10.1. The molecule has 0 radical (unpaired) electrons. The molecule has 0 bridgehead atoms. The van der Waals surface area contributed by atoms with Crippen molar-refractivity contribution in [3.8, 4) is 0 Å². The molecule has 1 fully saturated rings. The Kier molecular flexibility index (Phi) is 2.39. The van der Waals surface area contributed by atoms with Gasteiger partial charge in [-0.3, -0.25) is 4.79 Å². The minimum Gasteiger partial charge on any atom is -0.397 e. The van der Waals surface area contributed by atoms with Crippen LogP contribution in [-0.4, -0.2) is 12.5 Å². The van der Waals surface area contributed by atoms with E-state index in [4.69, 9.17) is 5.73 Å². The van der Waals surface area contributed by atoms with E-state index in [-0.39, 0.29) is 5.91 Å². The van der Waals surface area contributed by atoms with E-state index in [2.05, 4.69) is 0 Å². The van der Waals surface area contributed by atoms with Crippen molar-refractivity contribution in [2.24, 2.45) is 0 Å². The van der Waals surface area contributed by atoms with Crippen molar-refractivity contribution in [3.05, 3.63) is 24.3 Å². The van der Waals surface area contributed by atoms with E-state index < -0.39 is 0 Å². The zero-order valence-corrected chi connectivity index (χ0v) is 8.07. The fourth-order valence-corrected chi connectivity index (χ4v) is 1.79. The van der Waals surface area contributed by atoms with E-state index in [0.717, 1.165) is 25.1 Å². The molecular formula is C11H14N2O. The van der Waals surface area contributed by atoms with Crippen molar-refractivity contribution in [1.29, 1.82) is 0 Å². The molecule has 1 aliphatic heterocycles. The molecule has 0 spiro atoms. The summed E-state index contributed by atoms with van der Waals surface area (Å²) in [5.41, 5.74) is 7.36. The van der Waals surface area contributed by atoms with Crippen LogP contribution < -0.4 is 10.6 Å². The molecule has 74 valence electrons. The maximum absolute atomic E-state index is 11.6. The summed E-state index contributed by atoms with van der Waals surface area (Å²) in [7, 11) is 0. The van der Waals surface area contributed by atoms with Gasteiger partial charge in [0.05, 0.1) is 11.4 Å². The second-order valence-electron chi connectivity index (χ2n) is 3.56. The highest BCUT2D eigenvalue weighted by molar-refractivity contribution is 5.96. The quantitative estimate of drug-likeness (QED) is 0.686. The van der Waals surface area contributed by atoms with E-state index >= 15 is 0 Å². The Bertz CT molecular complexity index is 349. The monoisotopic (exact) mass is 190 g/mol. The van der Waals surface area contributed by atoms with E-state index in [0.29, 0.717) is 12.1 Å². The van der Waals surface area contributed by atoms with Gasteiger partial charge in [0.1, 0.15) is 0 Å². The van der Waals surface area contributed by atoms with Crippen molar-refractivity contribution < 1.29 is 4.79 Å². The first kappa shape index (κ1) is 9.06. The number of piperidine rings is 1. The third-order valence-electron chi connectivity index (χ3n) is 2.55. The predicted molar refractivity (Wildman–Crippen MR) is 57.1 cm³/mol. The average molecular weight is 190 g/mol. The van der Waals surface area contributed by atoms with Crippen LogP contribution in [0, 0.1) is 0 Å². The highest BCUT2D eigenvalue weighted by Gasteiger charge is 2.20. The number of nitrogen functional groups attached to an aromatic ring is 1. The van der Waals surface area contributed by atoms with Crippen molar-refractivity contribution in [2.75, 3.05) is 17.2 Å². The van der Waals surface area contributed by atoms with Gasteiger partial charge >= 0.3 is 0 Å². The molecule has 14 heavy (non-hydrogen) atoms. The van der Waals surface area contributed by atoms with Gasteiger partial charge in [0.15, 0.2) is 0 Å². The topological polar surface area (TPSA) is 46.3 Å². The van der Waals surface area contributed by atoms with Gasteiger partial charge in [0.2, 0.25) is 5.91 Å². The largest absolute Gasteiger partial charge is 0.397 e. The molecule has 0 aliphatic carbocycles. The smallest absolute Gasteiger partial charge is 0.227 e. The third kappa shape index (κ3) is 1.58. The number of hydrogen-bond donors (Lipinski definition) is 1. The number of nitrogens with zero attached hydrogens (tertiary/aromatic N) is 1. The van der Waals surface area contributed by atoms with Gasteiger partial charge in [-0.2, -0.15) is 0 Å². The first-order chi connectivity index (χ1) is 6.79. The van der Waals surface area contributed by atoms with Gasteiger partial charge < -0.3 is 10.6 Å². The standard InChI is InChI=1S/C11H14N2O/c12-9-5-1-2-6-10(9)13-8-4-3-7-11(13)14/h1-2,5-6H,3-4,7-8,12H2. The van der Waals surface area contributed by atoms with E-state index in [1.807, 2.05) is 24.3 Å². The fourth-order valence-electron chi connectivity index (χ4n) is 1.79. The molecule has 1 aromatic rings. The van der Waals surface area contributed by atoms with Gasteiger partial charge in [-0.25, -0.2) is 0 Å². The van der Waals surface area contributed by atoms with Crippen LogP contribution in [0.15, 0.2) is 24.3 Å². The molecule has 2 rings (SSSR count). The molecule has 3 heteroatoms. The number of nitrogens with two attached hydrogens (primary N) is 1. The van der Waals surface area contributed by atoms with Crippen LogP contribution >= 0.6 is 0 Å². The Morgan fingerprint density at radius 3 is 2.71 bits per heavy atom. The van der Waals surface area contributed by atoms with Crippen molar-refractivity contribution in [2.45, 2.75) is 19.3 Å². The first-order valence-corrected chi connectivity index (χ1v) is 4.94. The van der Waals surface area contributed by atoms with Crippen molar-refractivity contribution in [1.82, 2.24) is 0 Å². The lowest BCUT2D eigenvalue weighted by molar-refractivity contribution is -0.119. The van der Waals surface area contributed by atoms with Gasteiger partial charge in [-0.05, 0) is 25.0 Å². The molecule has 0 atom stereocenters. The van der Waals surface area contributed by atoms with Crippen molar-refractivity contribution in [3.63, 3.8) is 0 Å². The maximum Gasteiger partial charge on any atom is 0.227 e. The van der Waals surface area contributed by atoms with Gasteiger partial charge in [0.25, 0.3) is 0 Å². The lowest BCUT2D eigenvalue weighted by Crippen LogP contribution is -2.35. The van der Waals surface area contributed by atoms with Crippen LogP contribution in [0.5, 0.6) is 0 Å². The highest BCUT2D eigenvalue weighted by Crippen LogP contribution is 2.26. The van der Waals surface area contributed by atoms with E-state index in [9.17, 15) is 4.79 Å². The predicted octanol–water partition coefficient (Wildman–Crippen LogP) is 1.79. The summed E-state index contributed by atoms with van der Waals surface area (Å²) in [5, 5.41) is 0. The second-order valence-corrected chi connectivity index (χ2v) is 3.56. The number of rotatable bonds is 1. The number of benzene rings is 1. The molecule has 1 heterocycles. The average Bonchev–Trinajstić information content (AvgIpc) is 2.20. The lowest BCUT2D eigenvalue weighted by Gasteiger charge is -2.27. The van der Waals surface area contributed by atoms with Crippen LogP contribution in [0.2, 0.25) is 0 Å². The summed E-state index contributed by atoms with van der Waals surface area (Å²) in [6, 6.07) is 7.52. The van der Waals surface area contributed by atoms with E-state index in [1.165, 1.54) is 0 Å². The van der Waals surface area contributed by atoms with Crippen molar-refractivity contribution >= 4 is 17.3 Å². The Morgan fingerprint density at radius 1 is 1.21 bits per heavy atom. The number of anilines is 2. The van der Waals surface area contributed by atoms with Gasteiger partial charge in [-0.1, -0.05) is 12.1 Å². The summed E-state index contributed by atoms with van der Waals surface area (Å²) in [6.07, 6.45) is 2.72. The van der Waals surface area contributed by atoms with Crippen LogP contribution in [-0.2, 0) is 4.79 Å². The molecule has 2 N–H and O–H groups in total. The summed E-state index contributed by atoms with van der Waals surface area (Å²) in [5.74, 6) is 0.189. The molecule has 1 amide bonds. The zero-order chi connectivity index (χ0) is 9.97. The van der Waals surface area contributed by atoms with Crippen LogP contribution in [0.25, 0.3) is 0 Å². The summed E-state index contributed by atoms with van der Waals surface area (Å²) in [6.45, 7) is 0.799.